The maximum Gasteiger partial charge on any atom is 0.338 e. The second-order valence-corrected chi connectivity index (χ2v) is 5.14. The Morgan fingerprint density at radius 3 is 2.04 bits per heavy atom. The van der Waals surface area contributed by atoms with Crippen molar-refractivity contribution in [3.05, 3.63) is 47.5 Å². The minimum Gasteiger partial charge on any atom is -0.497 e. The highest BCUT2D eigenvalue weighted by Crippen LogP contribution is 2.28. The van der Waals surface area contributed by atoms with E-state index in [4.69, 9.17) is 23.7 Å². The molecule has 0 aliphatic carbocycles. The third-order valence-corrected chi connectivity index (χ3v) is 3.66. The fraction of sp³-hybridized carbons (Fsp3) is 0.263. The Hall–Kier alpha value is -3.22. The van der Waals surface area contributed by atoms with Gasteiger partial charge in [-0.2, -0.15) is 0 Å². The van der Waals surface area contributed by atoms with Gasteiger partial charge in [0.25, 0.3) is 0 Å². The van der Waals surface area contributed by atoms with Gasteiger partial charge in [-0.05, 0) is 36.4 Å². The normalized spacial score (nSPS) is 10.0. The topological polar surface area (TPSA) is 80.3 Å². The molecule has 0 heterocycles. The number of ketones is 1. The number of rotatable bonds is 8. The maximum absolute atomic E-state index is 12.4. The quantitative estimate of drug-likeness (QED) is 0.529. The molecule has 0 aliphatic rings. The molecule has 0 saturated heterocycles. The summed E-state index contributed by atoms with van der Waals surface area (Å²) in [6.07, 6.45) is 0. The molecule has 0 spiro atoms. The summed E-state index contributed by atoms with van der Waals surface area (Å²) in [5.41, 5.74) is 0.514. The predicted octanol–water partition coefficient (Wildman–Crippen LogP) is 2.76. The molecule has 0 saturated carbocycles. The molecule has 0 N–H and O–H groups in total. The van der Waals surface area contributed by atoms with E-state index in [1.54, 1.807) is 18.2 Å². The SMILES string of the molecule is COc1ccc(OC)c(C(=O)COC(=O)c2ccc(OC)c(OC)c2)c1. The Morgan fingerprint density at radius 1 is 0.769 bits per heavy atom. The van der Waals surface area contributed by atoms with E-state index in [0.717, 1.165) is 0 Å². The van der Waals surface area contributed by atoms with E-state index in [0.29, 0.717) is 23.0 Å². The molecule has 0 unspecified atom stereocenters. The van der Waals surface area contributed by atoms with Gasteiger partial charge in [0, 0.05) is 0 Å². The van der Waals surface area contributed by atoms with Crippen LogP contribution in [-0.4, -0.2) is 46.8 Å². The van der Waals surface area contributed by atoms with E-state index in [9.17, 15) is 9.59 Å². The molecule has 0 fully saturated rings. The molecule has 0 aromatic heterocycles. The van der Waals surface area contributed by atoms with Crippen LogP contribution in [0.4, 0.5) is 0 Å². The molecule has 2 aromatic rings. The van der Waals surface area contributed by atoms with Gasteiger partial charge in [0.05, 0.1) is 39.6 Å². The number of carbonyl (C=O) groups excluding carboxylic acids is 2. The van der Waals surface area contributed by atoms with Crippen molar-refractivity contribution in [1.29, 1.82) is 0 Å². The largest absolute Gasteiger partial charge is 0.497 e. The van der Waals surface area contributed by atoms with Gasteiger partial charge in [0.15, 0.2) is 18.1 Å². The van der Waals surface area contributed by atoms with Crippen molar-refractivity contribution in [2.45, 2.75) is 0 Å². The molecule has 7 heteroatoms. The molecule has 0 aliphatic heterocycles. The Balaban J connectivity index is 2.11. The van der Waals surface area contributed by atoms with Crippen LogP contribution in [0.1, 0.15) is 20.7 Å². The van der Waals surface area contributed by atoms with Crippen LogP contribution in [0.5, 0.6) is 23.0 Å². The molecule has 7 nitrogen and oxygen atoms in total. The fourth-order valence-corrected chi connectivity index (χ4v) is 2.29. The summed E-state index contributed by atoms with van der Waals surface area (Å²) in [4.78, 5) is 24.6. The number of benzene rings is 2. The van der Waals surface area contributed by atoms with Gasteiger partial charge in [-0.15, -0.1) is 0 Å². The second-order valence-electron chi connectivity index (χ2n) is 5.14. The van der Waals surface area contributed by atoms with E-state index < -0.39 is 18.4 Å². The molecule has 2 aromatic carbocycles. The summed E-state index contributed by atoms with van der Waals surface area (Å²) in [5.74, 6) is 0.693. The highest BCUT2D eigenvalue weighted by atomic mass is 16.5. The van der Waals surface area contributed by atoms with E-state index in [1.807, 2.05) is 0 Å². The number of Topliss-reactive ketones (excluding diaryl/α,β-unsaturated/α-hetero) is 1. The van der Waals surface area contributed by atoms with Gasteiger partial charge in [0.1, 0.15) is 11.5 Å². The maximum atomic E-state index is 12.4. The minimum atomic E-state index is -0.652. The average Bonchev–Trinajstić information content (AvgIpc) is 2.70. The third-order valence-electron chi connectivity index (χ3n) is 3.66. The van der Waals surface area contributed by atoms with Crippen LogP contribution in [0.3, 0.4) is 0 Å². The Morgan fingerprint density at radius 2 is 1.42 bits per heavy atom. The highest BCUT2D eigenvalue weighted by Gasteiger charge is 2.17. The molecular formula is C19H20O7. The van der Waals surface area contributed by atoms with Gasteiger partial charge in [-0.1, -0.05) is 0 Å². The van der Waals surface area contributed by atoms with Crippen LogP contribution in [0.15, 0.2) is 36.4 Å². The number of methoxy groups -OCH3 is 4. The Kier molecular flexibility index (Phi) is 6.43. The lowest BCUT2D eigenvalue weighted by Gasteiger charge is -2.11. The van der Waals surface area contributed by atoms with Gasteiger partial charge in [-0.25, -0.2) is 4.79 Å². The summed E-state index contributed by atoms with van der Waals surface area (Å²) < 4.78 is 25.6. The number of ether oxygens (including phenoxy) is 5. The first-order valence-electron chi connectivity index (χ1n) is 7.68. The summed E-state index contributed by atoms with van der Waals surface area (Å²) in [6.45, 7) is -0.434. The number of hydrogen-bond donors (Lipinski definition) is 0. The lowest BCUT2D eigenvalue weighted by atomic mass is 10.1. The average molecular weight is 360 g/mol. The standard InChI is InChI=1S/C19H20O7/c1-22-13-6-8-16(23-2)14(10-13)15(20)11-26-19(21)12-5-7-17(24-3)18(9-12)25-4/h5-10H,11H2,1-4H3. The highest BCUT2D eigenvalue weighted by molar-refractivity contribution is 6.01. The molecule has 0 radical (unpaired) electrons. The Labute approximate surface area is 151 Å². The van der Waals surface area contributed by atoms with Crippen LogP contribution in [0.2, 0.25) is 0 Å². The zero-order chi connectivity index (χ0) is 19.1. The van der Waals surface area contributed by atoms with Crippen molar-refractivity contribution in [1.82, 2.24) is 0 Å². The summed E-state index contributed by atoms with van der Waals surface area (Å²) in [7, 11) is 5.91. The monoisotopic (exact) mass is 360 g/mol. The fourth-order valence-electron chi connectivity index (χ4n) is 2.29. The van der Waals surface area contributed by atoms with Crippen LogP contribution < -0.4 is 18.9 Å². The minimum absolute atomic E-state index is 0.244. The molecular weight excluding hydrogens is 340 g/mol. The molecule has 0 bridgehead atoms. The van der Waals surface area contributed by atoms with Crippen LogP contribution in [-0.2, 0) is 4.74 Å². The zero-order valence-corrected chi connectivity index (χ0v) is 15.0. The van der Waals surface area contributed by atoms with Crippen molar-refractivity contribution in [2.24, 2.45) is 0 Å². The van der Waals surface area contributed by atoms with Gasteiger partial charge < -0.3 is 23.7 Å². The lowest BCUT2D eigenvalue weighted by Crippen LogP contribution is -2.15. The third kappa shape index (κ3) is 4.24. The van der Waals surface area contributed by atoms with Crippen molar-refractivity contribution < 1.29 is 33.3 Å². The van der Waals surface area contributed by atoms with Crippen molar-refractivity contribution in [3.63, 3.8) is 0 Å². The van der Waals surface area contributed by atoms with Gasteiger partial charge in [-0.3, -0.25) is 4.79 Å². The number of esters is 1. The van der Waals surface area contributed by atoms with Gasteiger partial charge in [0.2, 0.25) is 5.78 Å². The molecule has 26 heavy (non-hydrogen) atoms. The first kappa shape index (κ1) is 19.1. The predicted molar refractivity (Wildman–Crippen MR) is 93.7 cm³/mol. The molecule has 138 valence electrons. The first-order chi connectivity index (χ1) is 12.5. The Bertz CT molecular complexity index is 798. The van der Waals surface area contributed by atoms with Gasteiger partial charge >= 0.3 is 5.97 Å². The van der Waals surface area contributed by atoms with Crippen LogP contribution >= 0.6 is 0 Å². The molecule has 0 atom stereocenters. The van der Waals surface area contributed by atoms with E-state index in [2.05, 4.69) is 0 Å². The molecule has 2 rings (SSSR count). The van der Waals surface area contributed by atoms with E-state index in [-0.39, 0.29) is 11.1 Å². The molecule has 0 amide bonds. The summed E-state index contributed by atoms with van der Waals surface area (Å²) in [5, 5.41) is 0. The lowest BCUT2D eigenvalue weighted by molar-refractivity contribution is 0.0473. The smallest absolute Gasteiger partial charge is 0.338 e. The van der Waals surface area contributed by atoms with E-state index >= 15 is 0 Å². The van der Waals surface area contributed by atoms with Crippen LogP contribution in [0.25, 0.3) is 0 Å². The number of carbonyl (C=O) groups is 2. The van der Waals surface area contributed by atoms with Crippen molar-refractivity contribution >= 4 is 11.8 Å². The second kappa shape index (κ2) is 8.75. The summed E-state index contributed by atoms with van der Waals surface area (Å²) >= 11 is 0. The zero-order valence-electron chi connectivity index (χ0n) is 15.0. The van der Waals surface area contributed by atoms with Crippen LogP contribution in [0, 0.1) is 0 Å². The van der Waals surface area contributed by atoms with E-state index in [1.165, 1.54) is 46.6 Å². The number of hydrogen-bond acceptors (Lipinski definition) is 7. The first-order valence-corrected chi connectivity index (χ1v) is 7.68. The van der Waals surface area contributed by atoms with Crippen molar-refractivity contribution in [3.8, 4) is 23.0 Å². The van der Waals surface area contributed by atoms with Crippen molar-refractivity contribution in [2.75, 3.05) is 35.0 Å². The summed E-state index contributed by atoms with van der Waals surface area (Å²) in [6, 6.07) is 9.42.